The number of hydrogen-bond donors (Lipinski definition) is 0. The molecule has 0 aromatic carbocycles. The van der Waals surface area contributed by atoms with Gasteiger partial charge in [-0.3, -0.25) is 10.1 Å². The van der Waals surface area contributed by atoms with Gasteiger partial charge < -0.3 is 14.4 Å². The molecule has 1 aliphatic heterocycles. The van der Waals surface area contributed by atoms with Crippen LogP contribution < -0.4 is 4.90 Å². The third kappa shape index (κ3) is 3.51. The van der Waals surface area contributed by atoms with E-state index in [0.29, 0.717) is 13.1 Å². The van der Waals surface area contributed by atoms with Crippen molar-refractivity contribution in [1.82, 2.24) is 4.98 Å². The lowest BCUT2D eigenvalue weighted by Crippen LogP contribution is -2.59. The molecule has 1 spiro atoms. The average Bonchev–Trinajstić information content (AvgIpc) is 2.99. The molecule has 8 nitrogen and oxygen atoms in total. The fourth-order valence-corrected chi connectivity index (χ4v) is 4.17. The maximum absolute atomic E-state index is 12.2. The quantitative estimate of drug-likeness (QED) is 0.461. The first-order valence-electron chi connectivity index (χ1n) is 9.03. The van der Waals surface area contributed by atoms with Gasteiger partial charge in [0.25, 0.3) is 0 Å². The monoisotopic (exact) mass is 363 g/mol. The number of rotatable bonds is 4. The van der Waals surface area contributed by atoms with Gasteiger partial charge in [-0.05, 0) is 39.7 Å². The highest BCUT2D eigenvalue weighted by molar-refractivity contribution is 5.96. The van der Waals surface area contributed by atoms with Gasteiger partial charge in [0.2, 0.25) is 5.82 Å². The number of aromatic nitrogens is 1. The summed E-state index contributed by atoms with van der Waals surface area (Å²) in [7, 11) is 0. The number of hydrogen-bond acceptors (Lipinski definition) is 7. The molecule has 0 radical (unpaired) electrons. The average molecular weight is 363 g/mol. The third-order valence-corrected chi connectivity index (χ3v) is 4.94. The van der Waals surface area contributed by atoms with Crippen LogP contribution in [-0.4, -0.2) is 46.8 Å². The molecule has 0 unspecified atom stereocenters. The predicted octanol–water partition coefficient (Wildman–Crippen LogP) is 3.09. The van der Waals surface area contributed by atoms with E-state index in [1.54, 1.807) is 6.92 Å². The van der Waals surface area contributed by atoms with E-state index in [2.05, 4.69) is 4.98 Å². The molecular formula is C18H25N3O5. The molecule has 1 aromatic rings. The van der Waals surface area contributed by atoms with E-state index < -0.39 is 16.5 Å². The van der Waals surface area contributed by atoms with Gasteiger partial charge in [0.1, 0.15) is 5.56 Å². The van der Waals surface area contributed by atoms with Crippen LogP contribution >= 0.6 is 0 Å². The van der Waals surface area contributed by atoms with Crippen LogP contribution in [0.25, 0.3) is 0 Å². The normalized spacial score (nSPS) is 21.0. The number of nitrogens with zero attached hydrogens (tertiary/aromatic N) is 3. The molecule has 1 aliphatic carbocycles. The molecule has 26 heavy (non-hydrogen) atoms. The summed E-state index contributed by atoms with van der Waals surface area (Å²) in [5.41, 5.74) is -1.13. The fourth-order valence-electron chi connectivity index (χ4n) is 4.17. The Morgan fingerprint density at radius 1 is 1.38 bits per heavy atom. The number of pyridine rings is 1. The fraction of sp³-hybridized carbons (Fsp3) is 0.667. The molecule has 0 bridgehead atoms. The summed E-state index contributed by atoms with van der Waals surface area (Å²) in [5, 5.41) is 11.8. The highest BCUT2D eigenvalue weighted by Crippen LogP contribution is 2.43. The second-order valence-corrected chi connectivity index (χ2v) is 7.62. The maximum Gasteiger partial charge on any atom is 0.345 e. The van der Waals surface area contributed by atoms with Crippen LogP contribution in [0.15, 0.2) is 12.3 Å². The molecule has 0 atom stereocenters. The van der Waals surface area contributed by atoms with Crippen LogP contribution in [0.3, 0.4) is 0 Å². The molecule has 2 fully saturated rings. The zero-order valence-corrected chi connectivity index (χ0v) is 15.5. The highest BCUT2D eigenvalue weighted by Gasteiger charge is 2.47. The van der Waals surface area contributed by atoms with E-state index in [9.17, 15) is 14.9 Å². The Morgan fingerprint density at radius 3 is 2.69 bits per heavy atom. The van der Waals surface area contributed by atoms with Gasteiger partial charge in [0.15, 0.2) is 0 Å². The predicted molar refractivity (Wildman–Crippen MR) is 95.4 cm³/mol. The zero-order valence-electron chi connectivity index (χ0n) is 15.5. The Kier molecular flexibility index (Phi) is 4.88. The minimum absolute atomic E-state index is 0.0633. The minimum atomic E-state index is -0.703. The molecule has 1 aromatic heterocycles. The number of anilines is 1. The Bertz CT molecular complexity index is 713. The van der Waals surface area contributed by atoms with E-state index >= 15 is 0 Å². The number of nitro groups is 1. The van der Waals surface area contributed by atoms with Crippen LogP contribution in [0, 0.1) is 10.1 Å². The molecule has 2 heterocycles. The van der Waals surface area contributed by atoms with E-state index in [-0.39, 0.29) is 29.3 Å². The molecule has 3 rings (SSSR count). The van der Waals surface area contributed by atoms with Crippen LogP contribution in [-0.2, 0) is 9.47 Å². The molecular weight excluding hydrogens is 338 g/mol. The van der Waals surface area contributed by atoms with Crippen LogP contribution in [0.5, 0.6) is 0 Å². The summed E-state index contributed by atoms with van der Waals surface area (Å²) in [5.74, 6) is -0.492. The first kappa shape index (κ1) is 18.6. The molecule has 2 aliphatic rings. The van der Waals surface area contributed by atoms with Gasteiger partial charge in [0, 0.05) is 19.3 Å². The largest absolute Gasteiger partial charge is 0.462 e. The van der Waals surface area contributed by atoms with Crippen molar-refractivity contribution < 1.29 is 19.2 Å². The van der Waals surface area contributed by atoms with Crippen LogP contribution in [0.1, 0.15) is 56.8 Å². The SMILES string of the molecule is CCOC(=O)c1ccnc(N2CC(C)(C)OC3(CCCC3)C2)c1[N+](=O)[O-]. The number of ether oxygens (including phenoxy) is 2. The summed E-state index contributed by atoms with van der Waals surface area (Å²) in [4.78, 5) is 29.6. The summed E-state index contributed by atoms with van der Waals surface area (Å²) in [6.07, 6.45) is 5.46. The van der Waals surface area contributed by atoms with Crippen molar-refractivity contribution in [3.05, 3.63) is 27.9 Å². The van der Waals surface area contributed by atoms with E-state index in [0.717, 1.165) is 25.7 Å². The van der Waals surface area contributed by atoms with Crippen molar-refractivity contribution in [3.63, 3.8) is 0 Å². The second kappa shape index (κ2) is 6.83. The van der Waals surface area contributed by atoms with Gasteiger partial charge in [-0.15, -0.1) is 0 Å². The molecule has 1 saturated heterocycles. The van der Waals surface area contributed by atoms with Gasteiger partial charge in [-0.2, -0.15) is 0 Å². The van der Waals surface area contributed by atoms with Gasteiger partial charge in [0.05, 0.1) is 22.7 Å². The van der Waals surface area contributed by atoms with Crippen molar-refractivity contribution in [2.45, 2.75) is 57.7 Å². The summed E-state index contributed by atoms with van der Waals surface area (Å²) >= 11 is 0. The summed E-state index contributed by atoms with van der Waals surface area (Å²) in [6, 6.07) is 1.34. The second-order valence-electron chi connectivity index (χ2n) is 7.62. The highest BCUT2D eigenvalue weighted by atomic mass is 16.6. The molecule has 1 saturated carbocycles. The Morgan fingerprint density at radius 2 is 2.08 bits per heavy atom. The van der Waals surface area contributed by atoms with Crippen molar-refractivity contribution in [1.29, 1.82) is 0 Å². The van der Waals surface area contributed by atoms with Crippen molar-refractivity contribution in [3.8, 4) is 0 Å². The van der Waals surface area contributed by atoms with Gasteiger partial charge in [-0.1, -0.05) is 12.8 Å². The smallest absolute Gasteiger partial charge is 0.345 e. The number of carbonyl (C=O) groups excluding carboxylic acids is 1. The molecule has 0 N–H and O–H groups in total. The van der Waals surface area contributed by atoms with Crippen LogP contribution in [0.4, 0.5) is 11.5 Å². The van der Waals surface area contributed by atoms with Gasteiger partial charge >= 0.3 is 11.7 Å². The number of carbonyl (C=O) groups is 1. The number of esters is 1. The topological polar surface area (TPSA) is 94.8 Å². The lowest BCUT2D eigenvalue weighted by atomic mass is 9.94. The van der Waals surface area contributed by atoms with E-state index in [4.69, 9.17) is 9.47 Å². The molecule has 8 heteroatoms. The third-order valence-electron chi connectivity index (χ3n) is 4.94. The standard InChI is InChI=1S/C18H25N3O5/c1-4-25-16(22)13-7-10-19-15(14(13)21(23)24)20-11-17(2,3)26-18(12-20)8-5-6-9-18/h7,10H,4-6,8-9,11-12H2,1-3H3. The Hall–Kier alpha value is -2.22. The van der Waals surface area contributed by atoms with E-state index in [1.807, 2.05) is 18.7 Å². The Labute approximate surface area is 152 Å². The first-order chi connectivity index (χ1) is 12.3. The van der Waals surface area contributed by atoms with Crippen molar-refractivity contribution in [2.75, 3.05) is 24.6 Å². The molecule has 0 amide bonds. The van der Waals surface area contributed by atoms with Crippen LogP contribution in [0.2, 0.25) is 0 Å². The van der Waals surface area contributed by atoms with E-state index in [1.165, 1.54) is 12.3 Å². The lowest BCUT2D eigenvalue weighted by Gasteiger charge is -2.49. The van der Waals surface area contributed by atoms with Crippen molar-refractivity contribution in [2.24, 2.45) is 0 Å². The van der Waals surface area contributed by atoms with Gasteiger partial charge in [-0.25, -0.2) is 9.78 Å². The summed E-state index contributed by atoms with van der Waals surface area (Å²) in [6.45, 7) is 6.80. The first-order valence-corrected chi connectivity index (χ1v) is 9.03. The number of morpholine rings is 1. The van der Waals surface area contributed by atoms with Crippen molar-refractivity contribution >= 4 is 17.5 Å². The zero-order chi connectivity index (χ0) is 18.9. The summed E-state index contributed by atoms with van der Waals surface area (Å²) < 4.78 is 11.3. The Balaban J connectivity index is 2.03. The lowest BCUT2D eigenvalue weighted by molar-refractivity contribution is -0.384. The minimum Gasteiger partial charge on any atom is -0.462 e. The molecule has 142 valence electrons. The maximum atomic E-state index is 12.2.